The number of halogens is 1. The Kier molecular flexibility index (Phi) is 7.58. The minimum Gasteiger partial charge on any atom is -0.503 e. The Morgan fingerprint density at radius 2 is 1.95 bits per heavy atom. The van der Waals surface area contributed by atoms with Gasteiger partial charge in [0.05, 0.1) is 12.7 Å². The molecule has 0 aromatic carbocycles. The van der Waals surface area contributed by atoms with Crippen LogP contribution in [0.5, 0.6) is 5.75 Å². The molecule has 3 aliphatic heterocycles. The summed E-state index contributed by atoms with van der Waals surface area (Å²) in [4.78, 5) is 61.8. The fourth-order valence-electron chi connectivity index (χ4n) is 4.93. The molecule has 220 valence electrons. The van der Waals surface area contributed by atoms with Crippen LogP contribution in [0, 0.1) is 11.7 Å². The number of anilines is 1. The fraction of sp³-hybridized carbons (Fsp3) is 0.407. The maximum Gasteiger partial charge on any atom is 0.368 e. The second kappa shape index (κ2) is 11.1. The van der Waals surface area contributed by atoms with Crippen LogP contribution < -0.4 is 16.1 Å². The minimum atomic E-state index is -0.942. The molecule has 2 unspecified atom stereocenters. The number of fused-ring (bicyclic) bond motifs is 2. The second-order valence-corrected chi connectivity index (χ2v) is 10.7. The van der Waals surface area contributed by atoms with Gasteiger partial charge in [0.2, 0.25) is 11.3 Å². The van der Waals surface area contributed by atoms with Gasteiger partial charge in [-0.25, -0.2) is 19.2 Å². The Hall–Kier alpha value is -4.95. The topological polar surface area (TPSA) is 174 Å². The van der Waals surface area contributed by atoms with Gasteiger partial charge in [0.25, 0.3) is 5.91 Å². The molecule has 2 aromatic heterocycles. The monoisotopic (exact) mass is 579 g/mol. The Bertz CT molecular complexity index is 1610. The van der Waals surface area contributed by atoms with Gasteiger partial charge in [-0.05, 0) is 31.9 Å². The maximum atomic E-state index is 14.8. The molecule has 0 saturated carbocycles. The van der Waals surface area contributed by atoms with Gasteiger partial charge in [-0.15, -0.1) is 0 Å². The molecule has 2 atom stereocenters. The van der Waals surface area contributed by atoms with Crippen LogP contribution in [0.4, 0.5) is 15.0 Å². The zero-order valence-corrected chi connectivity index (χ0v) is 23.4. The number of hydrogen-bond acceptors (Lipinski definition) is 9. The summed E-state index contributed by atoms with van der Waals surface area (Å²) in [5.74, 6) is -2.81. The molecule has 4 amide bonds. The minimum absolute atomic E-state index is 0.114. The normalized spacial score (nSPS) is 18.4. The lowest BCUT2D eigenvalue weighted by molar-refractivity contribution is -0.122. The number of allylic oxidation sites excluding steroid dienone is 2. The van der Waals surface area contributed by atoms with Crippen LogP contribution in [-0.2, 0) is 17.9 Å². The maximum absolute atomic E-state index is 14.8. The van der Waals surface area contributed by atoms with Crippen molar-refractivity contribution in [2.24, 2.45) is 16.1 Å². The van der Waals surface area contributed by atoms with Gasteiger partial charge in [0, 0.05) is 42.7 Å². The number of aromatic hydroxyl groups is 1. The van der Waals surface area contributed by atoms with Crippen molar-refractivity contribution in [3.05, 3.63) is 63.9 Å². The summed E-state index contributed by atoms with van der Waals surface area (Å²) in [6, 6.07) is -0.422. The number of pyridine rings is 1. The van der Waals surface area contributed by atoms with Crippen molar-refractivity contribution < 1.29 is 23.9 Å². The SMILES string of the molecule is CC(C)C(Nc1nc(C2=CN3C(=O)N=NC3C=C2)ncc1F)C(=O)NCc1cc(=O)c(O)c2n1CCN(C(C)C)C2=O. The summed E-state index contributed by atoms with van der Waals surface area (Å²) in [5.41, 5.74) is -0.0704. The zero-order valence-electron chi connectivity index (χ0n) is 23.4. The Labute approximate surface area is 239 Å². The largest absolute Gasteiger partial charge is 0.503 e. The molecule has 0 fully saturated rings. The number of azo groups is 1. The number of urea groups is 1. The number of aromatic nitrogens is 3. The number of carbonyl (C=O) groups excluding carboxylic acids is 3. The molecule has 0 saturated heterocycles. The van der Waals surface area contributed by atoms with Crippen molar-refractivity contribution in [2.45, 2.75) is 59.0 Å². The Morgan fingerprint density at radius 3 is 2.67 bits per heavy atom. The average molecular weight is 580 g/mol. The van der Waals surface area contributed by atoms with Crippen LogP contribution in [0.2, 0.25) is 0 Å². The third kappa shape index (κ3) is 5.24. The number of amides is 4. The molecule has 0 bridgehead atoms. The van der Waals surface area contributed by atoms with Gasteiger partial charge in [0.1, 0.15) is 6.04 Å². The highest BCUT2D eigenvalue weighted by molar-refractivity contribution is 5.96. The molecular formula is C27H30FN9O5. The Morgan fingerprint density at radius 1 is 1.19 bits per heavy atom. The highest BCUT2D eigenvalue weighted by atomic mass is 19.1. The van der Waals surface area contributed by atoms with E-state index in [1.807, 2.05) is 13.8 Å². The molecule has 14 nitrogen and oxygen atoms in total. The van der Waals surface area contributed by atoms with E-state index in [1.165, 1.54) is 21.7 Å². The molecule has 5 rings (SSSR count). The van der Waals surface area contributed by atoms with Crippen molar-refractivity contribution in [1.29, 1.82) is 0 Å². The van der Waals surface area contributed by atoms with E-state index in [0.717, 1.165) is 6.20 Å². The number of nitrogens with zero attached hydrogens (tertiary/aromatic N) is 7. The fourth-order valence-corrected chi connectivity index (χ4v) is 4.93. The molecule has 15 heteroatoms. The van der Waals surface area contributed by atoms with Gasteiger partial charge in [-0.3, -0.25) is 19.3 Å². The summed E-state index contributed by atoms with van der Waals surface area (Å²) in [5, 5.41) is 23.3. The summed E-state index contributed by atoms with van der Waals surface area (Å²) in [7, 11) is 0. The number of rotatable bonds is 8. The summed E-state index contributed by atoms with van der Waals surface area (Å²) >= 11 is 0. The summed E-state index contributed by atoms with van der Waals surface area (Å²) in [6.07, 6.45) is 5.18. The van der Waals surface area contributed by atoms with E-state index in [4.69, 9.17) is 0 Å². The van der Waals surface area contributed by atoms with E-state index in [2.05, 4.69) is 30.8 Å². The molecule has 42 heavy (non-hydrogen) atoms. The van der Waals surface area contributed by atoms with Gasteiger partial charge >= 0.3 is 6.03 Å². The van der Waals surface area contributed by atoms with Gasteiger partial charge in [-0.1, -0.05) is 19.0 Å². The molecule has 3 N–H and O–H groups in total. The highest BCUT2D eigenvalue weighted by Crippen LogP contribution is 2.27. The van der Waals surface area contributed by atoms with Crippen molar-refractivity contribution in [1.82, 2.24) is 29.7 Å². The van der Waals surface area contributed by atoms with Crippen LogP contribution in [0.3, 0.4) is 0 Å². The predicted octanol–water partition coefficient (Wildman–Crippen LogP) is 2.22. The van der Waals surface area contributed by atoms with E-state index in [0.29, 0.717) is 24.4 Å². The van der Waals surface area contributed by atoms with Crippen molar-refractivity contribution in [3.63, 3.8) is 0 Å². The summed E-state index contributed by atoms with van der Waals surface area (Å²) in [6.45, 7) is 7.80. The van der Waals surface area contributed by atoms with E-state index in [-0.39, 0.29) is 35.8 Å². The zero-order chi connectivity index (χ0) is 30.3. The molecule has 2 aromatic rings. The van der Waals surface area contributed by atoms with E-state index in [1.54, 1.807) is 30.9 Å². The van der Waals surface area contributed by atoms with E-state index < -0.39 is 47.0 Å². The lowest BCUT2D eigenvalue weighted by Gasteiger charge is -2.34. The first-order chi connectivity index (χ1) is 20.0. The first kappa shape index (κ1) is 28.6. The highest BCUT2D eigenvalue weighted by Gasteiger charge is 2.32. The lowest BCUT2D eigenvalue weighted by Crippen LogP contribution is -2.47. The van der Waals surface area contributed by atoms with Gasteiger partial charge in [-0.2, -0.15) is 5.11 Å². The number of hydrogen-bond donors (Lipinski definition) is 3. The van der Waals surface area contributed by atoms with Crippen molar-refractivity contribution in [2.75, 3.05) is 11.9 Å². The Balaban J connectivity index is 1.34. The first-order valence-electron chi connectivity index (χ1n) is 13.4. The third-order valence-electron chi connectivity index (χ3n) is 7.20. The summed E-state index contributed by atoms with van der Waals surface area (Å²) < 4.78 is 16.3. The van der Waals surface area contributed by atoms with Crippen LogP contribution in [0.25, 0.3) is 5.57 Å². The van der Waals surface area contributed by atoms with Crippen LogP contribution >= 0.6 is 0 Å². The van der Waals surface area contributed by atoms with Crippen LogP contribution in [0.15, 0.2) is 45.6 Å². The van der Waals surface area contributed by atoms with E-state index in [9.17, 15) is 28.7 Å². The lowest BCUT2D eigenvalue weighted by atomic mass is 10.0. The second-order valence-electron chi connectivity index (χ2n) is 10.7. The van der Waals surface area contributed by atoms with Gasteiger partial charge in [0.15, 0.2) is 35.1 Å². The number of carbonyl (C=O) groups is 3. The third-order valence-corrected chi connectivity index (χ3v) is 7.20. The molecule has 0 aliphatic carbocycles. The van der Waals surface area contributed by atoms with Crippen molar-refractivity contribution in [3.8, 4) is 5.75 Å². The van der Waals surface area contributed by atoms with E-state index >= 15 is 0 Å². The molecule has 0 radical (unpaired) electrons. The average Bonchev–Trinajstić information content (AvgIpc) is 3.32. The molecule has 0 spiro atoms. The molecule has 3 aliphatic rings. The molecular weight excluding hydrogens is 549 g/mol. The van der Waals surface area contributed by atoms with Crippen LogP contribution in [0.1, 0.15) is 49.7 Å². The van der Waals surface area contributed by atoms with Gasteiger partial charge < -0.3 is 25.2 Å². The van der Waals surface area contributed by atoms with Crippen molar-refractivity contribution >= 4 is 29.2 Å². The first-order valence-corrected chi connectivity index (χ1v) is 13.4. The molecule has 5 heterocycles. The predicted molar refractivity (Wildman–Crippen MR) is 148 cm³/mol. The smallest absolute Gasteiger partial charge is 0.368 e. The standard InChI is InChI=1S/C27H30FN9O5/c1-13(2)20(31-24-17(28)11-29-23(32-24)15-5-6-19-33-34-27(42)37(19)12-15)25(40)30-10-16-9-18(38)22(39)21-26(41)35(14(3)4)7-8-36(16)21/h5-6,9,11-14,19-20,39H,7-8,10H2,1-4H3,(H,30,40)(H,29,31,32). The quantitative estimate of drug-likeness (QED) is 0.427. The van der Waals surface area contributed by atoms with Crippen LogP contribution in [-0.4, -0.2) is 72.1 Å². The number of nitrogens with one attached hydrogen (secondary N) is 2.